The molecule has 0 aliphatic carbocycles. The van der Waals surface area contributed by atoms with Gasteiger partial charge in [0.25, 0.3) is 0 Å². The Bertz CT molecular complexity index is 1360. The molecule has 0 fully saturated rings. The van der Waals surface area contributed by atoms with Crippen LogP contribution in [0.4, 0.5) is 0 Å². The van der Waals surface area contributed by atoms with Crippen LogP contribution in [0, 0.1) is 0 Å². The summed E-state index contributed by atoms with van der Waals surface area (Å²) >= 11 is 0. The Hall–Kier alpha value is -3.93. The van der Waals surface area contributed by atoms with E-state index < -0.39 is 12.1 Å². The summed E-state index contributed by atoms with van der Waals surface area (Å²) in [4.78, 5) is 38.0. The Morgan fingerprint density at radius 1 is 0.338 bits per heavy atom. The van der Waals surface area contributed by atoms with Crippen molar-refractivity contribution < 1.29 is 28.6 Å². The fourth-order valence-electron chi connectivity index (χ4n) is 6.80. The van der Waals surface area contributed by atoms with Crippen molar-refractivity contribution in [3.63, 3.8) is 0 Å². The first-order valence-corrected chi connectivity index (χ1v) is 26.4. The first-order chi connectivity index (χ1) is 32.0. The van der Waals surface area contributed by atoms with E-state index in [1.165, 1.54) is 77.0 Å². The molecule has 368 valence electrons. The molecule has 0 aromatic carbocycles. The molecule has 0 aliphatic rings. The van der Waals surface area contributed by atoms with E-state index in [1.54, 1.807) is 6.08 Å². The second-order valence-electron chi connectivity index (χ2n) is 17.1. The van der Waals surface area contributed by atoms with Gasteiger partial charge in [-0.15, -0.1) is 0 Å². The molecule has 0 saturated heterocycles. The third-order valence-electron chi connectivity index (χ3n) is 10.8. The number of carbonyl (C=O) groups excluding carboxylic acids is 3. The molecule has 0 N–H and O–H groups in total. The number of hydrogen-bond acceptors (Lipinski definition) is 6. The summed E-state index contributed by atoms with van der Waals surface area (Å²) in [5, 5.41) is 0. The van der Waals surface area contributed by atoms with E-state index in [0.29, 0.717) is 19.3 Å². The van der Waals surface area contributed by atoms with Gasteiger partial charge in [-0.25, -0.2) is 0 Å². The second-order valence-corrected chi connectivity index (χ2v) is 17.1. The van der Waals surface area contributed by atoms with E-state index >= 15 is 0 Å². The number of esters is 3. The predicted molar refractivity (Wildman–Crippen MR) is 279 cm³/mol. The third-order valence-corrected chi connectivity index (χ3v) is 10.8. The van der Waals surface area contributed by atoms with Crippen LogP contribution in [0.15, 0.2) is 109 Å². The summed E-state index contributed by atoms with van der Waals surface area (Å²) in [5.74, 6) is -1.08. The second kappa shape index (κ2) is 52.7. The molecule has 6 nitrogen and oxygen atoms in total. The van der Waals surface area contributed by atoms with Crippen LogP contribution in [0.2, 0.25) is 0 Å². The van der Waals surface area contributed by atoms with Gasteiger partial charge in [0, 0.05) is 12.8 Å². The Labute approximate surface area is 400 Å². The molecule has 0 heterocycles. The third kappa shape index (κ3) is 50.9. The molecule has 0 aliphatic heterocycles. The summed E-state index contributed by atoms with van der Waals surface area (Å²) < 4.78 is 16.7. The lowest BCUT2D eigenvalue weighted by molar-refractivity contribution is -0.166. The van der Waals surface area contributed by atoms with Crippen molar-refractivity contribution in [3.8, 4) is 0 Å². The summed E-state index contributed by atoms with van der Waals surface area (Å²) in [6.07, 6.45) is 70.9. The maximum Gasteiger partial charge on any atom is 0.310 e. The van der Waals surface area contributed by atoms with E-state index in [1.807, 2.05) is 6.08 Å². The van der Waals surface area contributed by atoms with Crippen LogP contribution in [-0.4, -0.2) is 37.2 Å². The lowest BCUT2D eigenvalue weighted by atomic mass is 10.1. The Kier molecular flexibility index (Phi) is 49.5. The van der Waals surface area contributed by atoms with Crippen LogP contribution in [-0.2, 0) is 28.6 Å². The SMILES string of the molecule is CC/C=C\C/C=C\C/C=C\C/C=C\C/C=C\CC(=O)OC(COC(=O)CCCCCCC/C=C\C/C=C\CCCC)COC(=O)CCCCCCCCC/C=C\C/C=C\CCCCCC. The van der Waals surface area contributed by atoms with Crippen molar-refractivity contribution in [1.82, 2.24) is 0 Å². The maximum absolute atomic E-state index is 12.7. The molecule has 0 spiro atoms. The first-order valence-electron chi connectivity index (χ1n) is 26.4. The van der Waals surface area contributed by atoms with Gasteiger partial charge in [0.05, 0.1) is 6.42 Å². The maximum atomic E-state index is 12.7. The molecule has 0 radical (unpaired) electrons. The van der Waals surface area contributed by atoms with Crippen molar-refractivity contribution in [2.45, 2.75) is 232 Å². The lowest BCUT2D eigenvalue weighted by Gasteiger charge is -2.18. The Morgan fingerprint density at radius 2 is 0.662 bits per heavy atom. The van der Waals surface area contributed by atoms with Gasteiger partial charge < -0.3 is 14.2 Å². The fourth-order valence-corrected chi connectivity index (χ4v) is 6.80. The van der Waals surface area contributed by atoms with Crippen LogP contribution in [0.25, 0.3) is 0 Å². The van der Waals surface area contributed by atoms with Gasteiger partial charge in [0.1, 0.15) is 13.2 Å². The number of rotatable bonds is 46. The molecular weight excluding hydrogens is 805 g/mol. The minimum absolute atomic E-state index is 0.0887. The van der Waals surface area contributed by atoms with E-state index in [4.69, 9.17) is 14.2 Å². The number of carbonyl (C=O) groups is 3. The highest BCUT2D eigenvalue weighted by atomic mass is 16.6. The zero-order chi connectivity index (χ0) is 47.2. The molecule has 0 bridgehead atoms. The molecule has 0 aromatic rings. The molecule has 65 heavy (non-hydrogen) atoms. The van der Waals surface area contributed by atoms with Gasteiger partial charge >= 0.3 is 17.9 Å². The van der Waals surface area contributed by atoms with E-state index in [-0.39, 0.29) is 31.6 Å². The summed E-state index contributed by atoms with van der Waals surface area (Å²) in [7, 11) is 0. The molecule has 1 atom stereocenters. The summed E-state index contributed by atoms with van der Waals surface area (Å²) in [5.41, 5.74) is 0. The predicted octanol–water partition coefficient (Wildman–Crippen LogP) is 17.5. The highest BCUT2D eigenvalue weighted by Crippen LogP contribution is 2.13. The molecule has 1 unspecified atom stereocenters. The van der Waals surface area contributed by atoms with Crippen molar-refractivity contribution in [1.29, 1.82) is 0 Å². The molecule has 0 aromatic heterocycles. The quantitative estimate of drug-likeness (QED) is 0.0262. The number of hydrogen-bond donors (Lipinski definition) is 0. The summed E-state index contributed by atoms with van der Waals surface area (Å²) in [6.45, 7) is 6.35. The molecule has 6 heteroatoms. The standard InChI is InChI=1S/C59H96O6/c1-4-7-10-13-16-19-22-25-28-29-30-32-34-37-40-43-46-49-52-58(61)64-55-56(54-63-57(60)51-48-45-42-39-36-33-27-24-21-18-15-12-9-6-3)65-59(62)53-50-47-44-41-38-35-31-26-23-20-17-14-11-8-5-2/h8,11,15,17-20,22,24,26-29,31,38,41,47,50,56H,4-7,9-10,12-14,16,21,23,25,30,32-37,39-40,42-46,48-49,51-55H2,1-3H3/b11-8-,18-15-,20-17-,22-19-,27-24-,29-28-,31-26-,41-38-,50-47-. The van der Waals surface area contributed by atoms with E-state index in [2.05, 4.69) is 118 Å². The zero-order valence-electron chi connectivity index (χ0n) is 42.0. The highest BCUT2D eigenvalue weighted by Gasteiger charge is 2.19. The van der Waals surface area contributed by atoms with Gasteiger partial charge in [-0.1, -0.05) is 214 Å². The van der Waals surface area contributed by atoms with Crippen LogP contribution < -0.4 is 0 Å². The van der Waals surface area contributed by atoms with E-state index in [0.717, 1.165) is 103 Å². The van der Waals surface area contributed by atoms with Crippen molar-refractivity contribution >= 4 is 17.9 Å². The number of ether oxygens (including phenoxy) is 3. The highest BCUT2D eigenvalue weighted by molar-refractivity contribution is 5.72. The normalized spacial score (nSPS) is 13.0. The largest absolute Gasteiger partial charge is 0.462 e. The van der Waals surface area contributed by atoms with Crippen LogP contribution in [0.1, 0.15) is 226 Å². The van der Waals surface area contributed by atoms with Crippen molar-refractivity contribution in [2.75, 3.05) is 13.2 Å². The van der Waals surface area contributed by atoms with Crippen LogP contribution >= 0.6 is 0 Å². The van der Waals surface area contributed by atoms with Gasteiger partial charge in [-0.05, 0) is 103 Å². The smallest absolute Gasteiger partial charge is 0.310 e. The van der Waals surface area contributed by atoms with Gasteiger partial charge in [0.2, 0.25) is 0 Å². The van der Waals surface area contributed by atoms with Crippen molar-refractivity contribution in [3.05, 3.63) is 109 Å². The van der Waals surface area contributed by atoms with Crippen LogP contribution in [0.3, 0.4) is 0 Å². The van der Waals surface area contributed by atoms with Gasteiger partial charge in [-0.2, -0.15) is 0 Å². The lowest BCUT2D eigenvalue weighted by Crippen LogP contribution is -2.30. The average molecular weight is 901 g/mol. The topological polar surface area (TPSA) is 78.9 Å². The fraction of sp³-hybridized carbons (Fsp3) is 0.644. The average Bonchev–Trinajstić information content (AvgIpc) is 3.30. The van der Waals surface area contributed by atoms with E-state index in [9.17, 15) is 14.4 Å². The molecule has 0 saturated carbocycles. The molecular formula is C59H96O6. The number of unbranched alkanes of at least 4 members (excludes halogenated alkanes) is 18. The van der Waals surface area contributed by atoms with Gasteiger partial charge in [0.15, 0.2) is 6.10 Å². The zero-order valence-corrected chi connectivity index (χ0v) is 42.0. The summed E-state index contributed by atoms with van der Waals surface area (Å²) in [6, 6.07) is 0. The number of allylic oxidation sites excluding steroid dienone is 17. The minimum Gasteiger partial charge on any atom is -0.462 e. The molecule has 0 rings (SSSR count). The Balaban J connectivity index is 4.54. The van der Waals surface area contributed by atoms with Gasteiger partial charge in [-0.3, -0.25) is 14.4 Å². The minimum atomic E-state index is -0.843. The first kappa shape index (κ1) is 61.1. The molecule has 0 amide bonds. The Morgan fingerprint density at radius 3 is 1.06 bits per heavy atom. The van der Waals surface area contributed by atoms with Crippen LogP contribution in [0.5, 0.6) is 0 Å². The monoisotopic (exact) mass is 901 g/mol. The van der Waals surface area contributed by atoms with Crippen molar-refractivity contribution in [2.24, 2.45) is 0 Å².